The summed E-state index contributed by atoms with van der Waals surface area (Å²) in [6, 6.07) is 13.9. The number of carbonyl (C=O) groups excluding carboxylic acids is 3. The van der Waals surface area contributed by atoms with Gasteiger partial charge in [-0.2, -0.15) is 5.10 Å². The van der Waals surface area contributed by atoms with Crippen molar-refractivity contribution in [1.82, 2.24) is 24.8 Å². The highest BCUT2D eigenvalue weighted by molar-refractivity contribution is 6.09. The van der Waals surface area contributed by atoms with Crippen LogP contribution in [0, 0.1) is 18.6 Å². The molecule has 1 atom stereocenters. The van der Waals surface area contributed by atoms with E-state index in [1.807, 2.05) is 0 Å². The summed E-state index contributed by atoms with van der Waals surface area (Å²) in [6.45, 7) is 1.57. The number of carbonyl (C=O) groups is 4. The SMILES string of the molecule is COc1ccc(NC(=O)c2cnn3c(C(=O)N(C)[C@H]4CCc5c4ccc(C(=O)O)c5C)cc(C(=O)NCc4ccc(F)c(F)c4)nc23)cc1. The van der Waals surface area contributed by atoms with Crippen LogP contribution in [-0.2, 0) is 13.0 Å². The second kappa shape index (κ2) is 13.1. The van der Waals surface area contributed by atoms with Gasteiger partial charge >= 0.3 is 5.97 Å². The second-order valence-corrected chi connectivity index (χ2v) is 11.5. The lowest BCUT2D eigenvalue weighted by atomic mass is 9.97. The molecule has 0 aliphatic heterocycles. The first-order valence-corrected chi connectivity index (χ1v) is 15.2. The molecule has 14 heteroatoms. The maximum atomic E-state index is 14.2. The lowest BCUT2D eigenvalue weighted by Gasteiger charge is -2.26. The molecule has 12 nitrogen and oxygen atoms in total. The maximum absolute atomic E-state index is 14.2. The molecule has 1 aliphatic carbocycles. The Labute approximate surface area is 278 Å². The lowest BCUT2D eigenvalue weighted by molar-refractivity contribution is 0.0691. The normalized spacial score (nSPS) is 13.5. The fourth-order valence-electron chi connectivity index (χ4n) is 6.00. The van der Waals surface area contributed by atoms with Crippen LogP contribution in [0.3, 0.4) is 0 Å². The van der Waals surface area contributed by atoms with Gasteiger partial charge in [0.2, 0.25) is 0 Å². The molecule has 5 aromatic rings. The summed E-state index contributed by atoms with van der Waals surface area (Å²) in [5.74, 6) is -4.43. The summed E-state index contributed by atoms with van der Waals surface area (Å²) in [5.41, 5.74) is 2.85. The Morgan fingerprint density at radius 3 is 2.45 bits per heavy atom. The zero-order chi connectivity index (χ0) is 35.0. The van der Waals surface area contributed by atoms with Crippen LogP contribution in [-0.4, -0.2) is 62.5 Å². The minimum absolute atomic E-state index is 0.0224. The fraction of sp³-hybridized carbons (Fsp3) is 0.200. The molecule has 2 aromatic heterocycles. The van der Waals surface area contributed by atoms with Crippen LogP contribution in [0.5, 0.6) is 5.75 Å². The Hall–Kier alpha value is -6.18. The summed E-state index contributed by atoms with van der Waals surface area (Å²) in [5, 5.41) is 19.2. The highest BCUT2D eigenvalue weighted by Gasteiger charge is 2.33. The fourth-order valence-corrected chi connectivity index (χ4v) is 6.00. The van der Waals surface area contributed by atoms with Gasteiger partial charge < -0.3 is 25.4 Å². The van der Waals surface area contributed by atoms with E-state index in [1.54, 1.807) is 44.3 Å². The van der Waals surface area contributed by atoms with Gasteiger partial charge in [-0.3, -0.25) is 14.4 Å². The highest BCUT2D eigenvalue weighted by atomic mass is 19.2. The number of hydrogen-bond acceptors (Lipinski definition) is 7. The number of hydrogen-bond donors (Lipinski definition) is 3. The molecule has 0 saturated carbocycles. The molecule has 2 heterocycles. The van der Waals surface area contributed by atoms with Crippen molar-refractivity contribution in [3.05, 3.63) is 123 Å². The molecular formula is C35H30F2N6O6. The monoisotopic (exact) mass is 668 g/mol. The van der Waals surface area contributed by atoms with E-state index in [-0.39, 0.29) is 40.3 Å². The Morgan fingerprint density at radius 2 is 1.76 bits per heavy atom. The van der Waals surface area contributed by atoms with E-state index in [0.717, 1.165) is 23.3 Å². The van der Waals surface area contributed by atoms with E-state index in [1.165, 1.54) is 40.9 Å². The standard InChI is InChI=1S/C35H30F2N6O6/c1-18-22-11-13-29(24(22)10-9-23(18)35(47)48)42(2)34(46)30-15-28(33(45)38-16-19-4-12-26(36)27(37)14-19)41-31-25(17-39-43(30)31)32(44)40-20-5-7-21(49-3)8-6-20/h4-10,12,14-15,17,29H,11,13,16H2,1-3H3,(H,38,45)(H,40,44)(H,47,48)/t29-/m0/s1. The predicted octanol–water partition coefficient (Wildman–Crippen LogP) is 4.96. The Balaban J connectivity index is 1.36. The van der Waals surface area contributed by atoms with E-state index in [4.69, 9.17) is 4.74 Å². The lowest BCUT2D eigenvalue weighted by Crippen LogP contribution is -2.33. The van der Waals surface area contributed by atoms with E-state index in [9.17, 15) is 33.1 Å². The van der Waals surface area contributed by atoms with Crippen molar-refractivity contribution in [1.29, 1.82) is 0 Å². The summed E-state index contributed by atoms with van der Waals surface area (Å²) < 4.78 is 33.5. The number of amides is 3. The number of nitrogens with one attached hydrogen (secondary N) is 2. The number of carboxylic acids is 1. The molecule has 0 bridgehead atoms. The molecule has 1 aliphatic rings. The number of nitrogens with zero attached hydrogens (tertiary/aromatic N) is 4. The van der Waals surface area contributed by atoms with Crippen molar-refractivity contribution in [2.45, 2.75) is 32.4 Å². The summed E-state index contributed by atoms with van der Waals surface area (Å²) in [7, 11) is 3.11. The number of anilines is 1. The first-order valence-electron chi connectivity index (χ1n) is 15.2. The Kier molecular flexibility index (Phi) is 8.78. The van der Waals surface area contributed by atoms with E-state index >= 15 is 0 Å². The number of methoxy groups -OCH3 is 1. The molecular weight excluding hydrogens is 638 g/mol. The zero-order valence-electron chi connectivity index (χ0n) is 26.6. The van der Waals surface area contributed by atoms with E-state index in [0.29, 0.717) is 29.8 Å². The number of halogens is 2. The maximum Gasteiger partial charge on any atom is 0.335 e. The Bertz CT molecular complexity index is 2150. The van der Waals surface area contributed by atoms with Gasteiger partial charge in [0.15, 0.2) is 17.3 Å². The van der Waals surface area contributed by atoms with Crippen LogP contribution in [0.4, 0.5) is 14.5 Å². The predicted molar refractivity (Wildman–Crippen MR) is 173 cm³/mol. The first kappa shape index (κ1) is 32.7. The third kappa shape index (κ3) is 6.27. The second-order valence-electron chi connectivity index (χ2n) is 11.5. The number of ether oxygens (including phenoxy) is 1. The van der Waals surface area contributed by atoms with Crippen LogP contribution >= 0.6 is 0 Å². The van der Waals surface area contributed by atoms with Crippen molar-refractivity contribution < 1.29 is 37.8 Å². The van der Waals surface area contributed by atoms with Gasteiger partial charge in [0.1, 0.15) is 22.7 Å². The highest BCUT2D eigenvalue weighted by Crippen LogP contribution is 2.38. The van der Waals surface area contributed by atoms with Crippen LogP contribution in [0.15, 0.2) is 66.9 Å². The van der Waals surface area contributed by atoms with Crippen LogP contribution in [0.25, 0.3) is 5.65 Å². The minimum atomic E-state index is -1.07. The smallest absolute Gasteiger partial charge is 0.335 e. The van der Waals surface area contributed by atoms with Crippen molar-refractivity contribution in [3.63, 3.8) is 0 Å². The molecule has 0 saturated heterocycles. The van der Waals surface area contributed by atoms with Gasteiger partial charge in [-0.15, -0.1) is 0 Å². The number of fused-ring (bicyclic) bond motifs is 2. The number of aromatic carboxylic acids is 1. The van der Waals surface area contributed by atoms with Gasteiger partial charge in [0.25, 0.3) is 17.7 Å². The summed E-state index contributed by atoms with van der Waals surface area (Å²) >= 11 is 0. The zero-order valence-corrected chi connectivity index (χ0v) is 26.6. The molecule has 0 unspecified atom stereocenters. The summed E-state index contributed by atoms with van der Waals surface area (Å²) in [4.78, 5) is 58.6. The topological polar surface area (TPSA) is 155 Å². The van der Waals surface area contributed by atoms with Crippen molar-refractivity contribution >= 4 is 35.0 Å². The van der Waals surface area contributed by atoms with E-state index in [2.05, 4.69) is 20.7 Å². The van der Waals surface area contributed by atoms with Crippen LogP contribution in [0.2, 0.25) is 0 Å². The number of rotatable bonds is 9. The van der Waals surface area contributed by atoms with Crippen molar-refractivity contribution in [2.24, 2.45) is 0 Å². The summed E-state index contributed by atoms with van der Waals surface area (Å²) in [6.07, 6.45) is 2.33. The quantitative estimate of drug-likeness (QED) is 0.199. The van der Waals surface area contributed by atoms with Crippen LogP contribution in [0.1, 0.15) is 76.4 Å². The largest absolute Gasteiger partial charge is 0.497 e. The minimum Gasteiger partial charge on any atom is -0.497 e. The van der Waals surface area contributed by atoms with Crippen LogP contribution < -0.4 is 15.4 Å². The van der Waals surface area contributed by atoms with Crippen molar-refractivity contribution in [2.75, 3.05) is 19.5 Å². The van der Waals surface area contributed by atoms with Gasteiger partial charge in [-0.05, 0) is 84.5 Å². The van der Waals surface area contributed by atoms with Gasteiger partial charge in [0.05, 0.1) is 24.9 Å². The third-order valence-electron chi connectivity index (χ3n) is 8.63. The molecule has 0 spiro atoms. The molecule has 250 valence electrons. The molecule has 3 N–H and O–H groups in total. The van der Waals surface area contributed by atoms with E-state index < -0.39 is 41.4 Å². The molecule has 3 aromatic carbocycles. The third-order valence-corrected chi connectivity index (χ3v) is 8.63. The number of benzene rings is 3. The molecule has 0 radical (unpaired) electrons. The number of carboxylic acid groups (broad SMARTS) is 1. The van der Waals surface area contributed by atoms with Gasteiger partial charge in [-0.25, -0.2) is 23.1 Å². The molecule has 6 rings (SSSR count). The molecule has 49 heavy (non-hydrogen) atoms. The average molecular weight is 669 g/mol. The van der Waals surface area contributed by atoms with Crippen molar-refractivity contribution in [3.8, 4) is 5.75 Å². The molecule has 0 fully saturated rings. The average Bonchev–Trinajstić information content (AvgIpc) is 3.73. The molecule has 3 amide bonds. The number of aromatic nitrogens is 3. The first-order chi connectivity index (χ1) is 23.5. The van der Waals surface area contributed by atoms with Gasteiger partial charge in [-0.1, -0.05) is 12.1 Å². The van der Waals surface area contributed by atoms with Gasteiger partial charge in [0, 0.05) is 25.3 Å². The Morgan fingerprint density at radius 1 is 1.00 bits per heavy atom.